The number of rotatable bonds is 7. The Labute approximate surface area is 138 Å². The second kappa shape index (κ2) is 8.22. The van der Waals surface area contributed by atoms with Gasteiger partial charge in [0.2, 0.25) is 0 Å². The molecule has 122 valence electrons. The van der Waals surface area contributed by atoms with Gasteiger partial charge in [-0.1, -0.05) is 19.1 Å². The molecule has 0 radical (unpaired) electrons. The van der Waals surface area contributed by atoms with E-state index in [9.17, 15) is 5.11 Å². The molecular formula is C19H24N2O2. The Morgan fingerprint density at radius 1 is 1.13 bits per heavy atom. The Balaban J connectivity index is 1.97. The fourth-order valence-corrected chi connectivity index (χ4v) is 2.09. The van der Waals surface area contributed by atoms with E-state index in [1.807, 2.05) is 33.2 Å². The highest BCUT2D eigenvalue weighted by Gasteiger charge is 2.01. The fraction of sp³-hybridized carbons (Fsp3) is 0.316. The maximum atomic E-state index is 10.0. The monoisotopic (exact) mass is 312 g/mol. The molecule has 0 saturated carbocycles. The lowest BCUT2D eigenvalue weighted by Crippen LogP contribution is -2.08. The van der Waals surface area contributed by atoms with Crippen LogP contribution in [0, 0.1) is 0 Å². The molecule has 4 nitrogen and oxygen atoms in total. The molecular weight excluding hydrogens is 288 g/mol. The van der Waals surface area contributed by atoms with Crippen LogP contribution in [-0.2, 0) is 6.54 Å². The van der Waals surface area contributed by atoms with Gasteiger partial charge in [0.1, 0.15) is 11.5 Å². The lowest BCUT2D eigenvalue weighted by atomic mass is 10.2. The summed E-state index contributed by atoms with van der Waals surface area (Å²) >= 11 is 0. The zero-order chi connectivity index (χ0) is 16.7. The summed E-state index contributed by atoms with van der Waals surface area (Å²) in [4.78, 5) is 6.46. The number of hydrogen-bond donors (Lipinski definition) is 1. The molecule has 0 saturated heterocycles. The number of benzene rings is 2. The summed E-state index contributed by atoms with van der Waals surface area (Å²) in [5, 5.41) is 10.0. The molecule has 0 bridgehead atoms. The number of aromatic hydroxyl groups is 1. The SMILES string of the molecule is CCCOc1ccc(C=NCc2ccc(N(C)C)cc2)c(O)c1. The van der Waals surface area contributed by atoms with Gasteiger partial charge in [-0.2, -0.15) is 0 Å². The molecule has 0 aliphatic heterocycles. The molecule has 0 spiro atoms. The molecule has 0 unspecified atom stereocenters. The van der Waals surface area contributed by atoms with Gasteiger partial charge in [-0.25, -0.2) is 0 Å². The van der Waals surface area contributed by atoms with Gasteiger partial charge in [0.25, 0.3) is 0 Å². The molecule has 2 aromatic rings. The van der Waals surface area contributed by atoms with E-state index in [-0.39, 0.29) is 5.75 Å². The summed E-state index contributed by atoms with van der Waals surface area (Å²) in [6.45, 7) is 3.28. The summed E-state index contributed by atoms with van der Waals surface area (Å²) in [5.74, 6) is 0.867. The molecule has 0 heterocycles. The molecule has 4 heteroatoms. The van der Waals surface area contributed by atoms with E-state index >= 15 is 0 Å². The first kappa shape index (κ1) is 16.9. The zero-order valence-corrected chi connectivity index (χ0v) is 14.0. The second-order valence-corrected chi connectivity index (χ2v) is 5.60. The Kier molecular flexibility index (Phi) is 6.03. The molecule has 1 N–H and O–H groups in total. The molecule has 2 aromatic carbocycles. The van der Waals surface area contributed by atoms with Crippen molar-refractivity contribution in [3.8, 4) is 11.5 Å². The Bertz CT molecular complexity index is 649. The number of anilines is 1. The molecule has 0 amide bonds. The average molecular weight is 312 g/mol. The maximum absolute atomic E-state index is 10.0. The number of nitrogens with zero attached hydrogens (tertiary/aromatic N) is 2. The van der Waals surface area contributed by atoms with Crippen LogP contribution in [0.15, 0.2) is 47.5 Å². The van der Waals surface area contributed by atoms with Crippen molar-refractivity contribution in [2.75, 3.05) is 25.6 Å². The van der Waals surface area contributed by atoms with Crippen molar-refractivity contribution in [1.82, 2.24) is 0 Å². The molecule has 0 aliphatic carbocycles. The summed E-state index contributed by atoms with van der Waals surface area (Å²) < 4.78 is 5.49. The van der Waals surface area contributed by atoms with Crippen LogP contribution < -0.4 is 9.64 Å². The third-order valence-electron chi connectivity index (χ3n) is 3.43. The molecule has 2 rings (SSSR count). The van der Waals surface area contributed by atoms with E-state index in [0.29, 0.717) is 24.5 Å². The minimum atomic E-state index is 0.185. The Morgan fingerprint density at radius 2 is 1.87 bits per heavy atom. The van der Waals surface area contributed by atoms with E-state index in [0.717, 1.165) is 17.7 Å². The molecule has 0 fully saturated rings. The van der Waals surface area contributed by atoms with Crippen LogP contribution in [0.5, 0.6) is 11.5 Å². The van der Waals surface area contributed by atoms with E-state index < -0.39 is 0 Å². The minimum absolute atomic E-state index is 0.185. The average Bonchev–Trinajstić information content (AvgIpc) is 2.55. The van der Waals surface area contributed by atoms with E-state index in [4.69, 9.17) is 4.74 Å². The fourth-order valence-electron chi connectivity index (χ4n) is 2.09. The lowest BCUT2D eigenvalue weighted by Gasteiger charge is -2.12. The number of phenolic OH excluding ortho intramolecular Hbond substituents is 1. The van der Waals surface area contributed by atoms with Gasteiger partial charge in [-0.3, -0.25) is 4.99 Å². The molecule has 0 atom stereocenters. The highest BCUT2D eigenvalue weighted by Crippen LogP contribution is 2.22. The summed E-state index contributed by atoms with van der Waals surface area (Å²) in [6, 6.07) is 13.6. The minimum Gasteiger partial charge on any atom is -0.507 e. The molecule has 0 aromatic heterocycles. The first-order valence-electron chi connectivity index (χ1n) is 7.82. The molecule has 23 heavy (non-hydrogen) atoms. The highest BCUT2D eigenvalue weighted by atomic mass is 16.5. The van der Waals surface area contributed by atoms with Crippen molar-refractivity contribution in [3.63, 3.8) is 0 Å². The highest BCUT2D eigenvalue weighted by molar-refractivity contribution is 5.83. The van der Waals surface area contributed by atoms with Crippen LogP contribution in [0.2, 0.25) is 0 Å². The van der Waals surface area contributed by atoms with Crippen LogP contribution in [0.4, 0.5) is 5.69 Å². The lowest BCUT2D eigenvalue weighted by molar-refractivity contribution is 0.315. The van der Waals surface area contributed by atoms with Crippen molar-refractivity contribution in [2.24, 2.45) is 4.99 Å². The van der Waals surface area contributed by atoms with Crippen molar-refractivity contribution in [1.29, 1.82) is 0 Å². The van der Waals surface area contributed by atoms with Gasteiger partial charge < -0.3 is 14.7 Å². The summed E-state index contributed by atoms with van der Waals surface area (Å²) in [7, 11) is 4.04. The number of phenols is 1. The maximum Gasteiger partial charge on any atom is 0.128 e. The normalized spacial score (nSPS) is 10.9. The van der Waals surface area contributed by atoms with Crippen molar-refractivity contribution in [3.05, 3.63) is 53.6 Å². The van der Waals surface area contributed by atoms with Crippen LogP contribution in [-0.4, -0.2) is 32.0 Å². The van der Waals surface area contributed by atoms with Crippen LogP contribution in [0.3, 0.4) is 0 Å². The van der Waals surface area contributed by atoms with E-state index in [1.165, 1.54) is 0 Å². The third-order valence-corrected chi connectivity index (χ3v) is 3.43. The van der Waals surface area contributed by atoms with Gasteiger partial charge in [0.15, 0.2) is 0 Å². The third kappa shape index (κ3) is 5.02. The standard InChI is InChI=1S/C19H24N2O2/c1-4-11-23-18-10-7-16(19(22)12-18)14-20-13-15-5-8-17(9-6-15)21(2)3/h5-10,12,14,22H,4,11,13H2,1-3H3. The van der Waals surface area contributed by atoms with Gasteiger partial charge in [-0.15, -0.1) is 0 Å². The van der Waals surface area contributed by atoms with Gasteiger partial charge in [0, 0.05) is 37.6 Å². The first-order chi connectivity index (χ1) is 11.1. The predicted molar refractivity (Wildman–Crippen MR) is 96.0 cm³/mol. The van der Waals surface area contributed by atoms with Crippen molar-refractivity contribution < 1.29 is 9.84 Å². The number of ether oxygens (including phenoxy) is 1. The predicted octanol–water partition coefficient (Wildman–Crippen LogP) is 3.87. The van der Waals surface area contributed by atoms with Crippen molar-refractivity contribution in [2.45, 2.75) is 19.9 Å². The Morgan fingerprint density at radius 3 is 2.48 bits per heavy atom. The van der Waals surface area contributed by atoms with E-state index in [1.54, 1.807) is 12.3 Å². The van der Waals surface area contributed by atoms with Crippen molar-refractivity contribution >= 4 is 11.9 Å². The largest absolute Gasteiger partial charge is 0.507 e. The van der Waals surface area contributed by atoms with E-state index in [2.05, 4.69) is 34.2 Å². The van der Waals surface area contributed by atoms with Crippen LogP contribution >= 0.6 is 0 Å². The van der Waals surface area contributed by atoms with Gasteiger partial charge >= 0.3 is 0 Å². The smallest absolute Gasteiger partial charge is 0.128 e. The number of aliphatic imine (C=N–C) groups is 1. The summed E-state index contributed by atoms with van der Waals surface area (Å²) in [6.07, 6.45) is 2.63. The topological polar surface area (TPSA) is 45.1 Å². The Hall–Kier alpha value is -2.49. The molecule has 0 aliphatic rings. The quantitative estimate of drug-likeness (QED) is 0.789. The van der Waals surface area contributed by atoms with Gasteiger partial charge in [0.05, 0.1) is 13.2 Å². The summed E-state index contributed by atoms with van der Waals surface area (Å²) in [5.41, 5.74) is 2.99. The zero-order valence-electron chi connectivity index (χ0n) is 14.0. The van der Waals surface area contributed by atoms with Crippen LogP contribution in [0.25, 0.3) is 0 Å². The van der Waals surface area contributed by atoms with Gasteiger partial charge in [-0.05, 0) is 36.2 Å². The number of hydrogen-bond acceptors (Lipinski definition) is 4. The second-order valence-electron chi connectivity index (χ2n) is 5.60. The van der Waals surface area contributed by atoms with Crippen LogP contribution in [0.1, 0.15) is 24.5 Å². The first-order valence-corrected chi connectivity index (χ1v) is 7.82.